The van der Waals surface area contributed by atoms with Crippen LogP contribution in [0.15, 0.2) is 72.9 Å². The molecule has 2 aliphatic rings. The van der Waals surface area contributed by atoms with Gasteiger partial charge in [0, 0.05) is 18.2 Å². The molecule has 0 spiro atoms. The van der Waals surface area contributed by atoms with Gasteiger partial charge in [-0.1, -0.05) is 24.3 Å². The molecule has 1 saturated heterocycles. The average molecular weight is 410 g/mol. The van der Waals surface area contributed by atoms with Crippen molar-refractivity contribution >= 4 is 17.0 Å². The SMILES string of the molecule is Nc1nccc2c(C3=CC4CCC(C3)O4)nc(-c3ccc(Oc4ccccc4)cc3)n12. The van der Waals surface area contributed by atoms with Gasteiger partial charge < -0.3 is 15.2 Å². The van der Waals surface area contributed by atoms with Crippen molar-refractivity contribution < 1.29 is 9.47 Å². The molecule has 0 amide bonds. The Morgan fingerprint density at radius 3 is 2.58 bits per heavy atom. The highest BCUT2D eigenvalue weighted by molar-refractivity contribution is 5.81. The van der Waals surface area contributed by atoms with E-state index in [0.717, 1.165) is 53.4 Å². The molecule has 4 heterocycles. The fourth-order valence-electron chi connectivity index (χ4n) is 4.51. The minimum Gasteiger partial charge on any atom is -0.457 e. The lowest BCUT2D eigenvalue weighted by Gasteiger charge is -2.19. The van der Waals surface area contributed by atoms with E-state index in [-0.39, 0.29) is 6.10 Å². The number of imidazole rings is 1. The maximum absolute atomic E-state index is 6.28. The Bertz CT molecular complexity index is 1280. The molecule has 0 radical (unpaired) electrons. The van der Waals surface area contributed by atoms with E-state index in [1.807, 2.05) is 65.1 Å². The van der Waals surface area contributed by atoms with Crippen molar-refractivity contribution in [2.75, 3.05) is 5.73 Å². The van der Waals surface area contributed by atoms with E-state index in [2.05, 4.69) is 11.1 Å². The summed E-state index contributed by atoms with van der Waals surface area (Å²) in [5.74, 6) is 2.78. The highest BCUT2D eigenvalue weighted by Crippen LogP contribution is 2.38. The highest BCUT2D eigenvalue weighted by Gasteiger charge is 2.31. The van der Waals surface area contributed by atoms with Crippen molar-refractivity contribution in [2.24, 2.45) is 0 Å². The van der Waals surface area contributed by atoms with Crippen LogP contribution < -0.4 is 10.5 Å². The van der Waals surface area contributed by atoms with Crippen molar-refractivity contribution in [3.63, 3.8) is 0 Å². The number of nitrogens with two attached hydrogens (primary N) is 1. The van der Waals surface area contributed by atoms with Gasteiger partial charge in [-0.15, -0.1) is 0 Å². The molecular formula is C25H22N4O2. The third-order valence-electron chi connectivity index (χ3n) is 5.95. The maximum atomic E-state index is 6.28. The molecule has 0 saturated carbocycles. The molecule has 2 bridgehead atoms. The number of aromatic nitrogens is 3. The van der Waals surface area contributed by atoms with Crippen LogP contribution in [0.5, 0.6) is 11.5 Å². The van der Waals surface area contributed by atoms with Gasteiger partial charge in [-0.05, 0) is 60.9 Å². The van der Waals surface area contributed by atoms with Crippen LogP contribution in [0.4, 0.5) is 5.95 Å². The zero-order chi connectivity index (χ0) is 20.8. The van der Waals surface area contributed by atoms with Crippen molar-refractivity contribution in [2.45, 2.75) is 31.5 Å². The Morgan fingerprint density at radius 1 is 0.968 bits per heavy atom. The summed E-state index contributed by atoms with van der Waals surface area (Å²) >= 11 is 0. The zero-order valence-corrected chi connectivity index (χ0v) is 16.9. The second kappa shape index (κ2) is 7.25. The minimum absolute atomic E-state index is 0.197. The summed E-state index contributed by atoms with van der Waals surface area (Å²) in [5.41, 5.74) is 10.4. The van der Waals surface area contributed by atoms with Crippen molar-refractivity contribution in [3.05, 3.63) is 78.6 Å². The molecule has 2 aromatic carbocycles. The Labute approximate surface area is 180 Å². The number of hydrogen-bond donors (Lipinski definition) is 1. The summed E-state index contributed by atoms with van der Waals surface area (Å²) < 4.78 is 13.8. The van der Waals surface area contributed by atoms with E-state index in [1.54, 1.807) is 6.20 Å². The number of hydrogen-bond acceptors (Lipinski definition) is 5. The Hall–Kier alpha value is -3.64. The van der Waals surface area contributed by atoms with Gasteiger partial charge in [-0.3, -0.25) is 4.40 Å². The fourth-order valence-corrected chi connectivity index (χ4v) is 4.51. The average Bonchev–Trinajstić information content (AvgIpc) is 3.35. The summed E-state index contributed by atoms with van der Waals surface area (Å²) in [6.07, 6.45) is 7.53. The Kier molecular flexibility index (Phi) is 4.25. The first-order valence-corrected chi connectivity index (χ1v) is 10.6. The maximum Gasteiger partial charge on any atom is 0.206 e. The molecule has 4 aromatic rings. The molecule has 0 aliphatic carbocycles. The summed E-state index contributed by atoms with van der Waals surface area (Å²) in [5, 5.41) is 0. The second-order valence-corrected chi connectivity index (χ2v) is 8.02. The molecule has 2 aliphatic heterocycles. The molecule has 2 N–H and O–H groups in total. The summed E-state index contributed by atoms with van der Waals surface area (Å²) in [7, 11) is 0. The molecule has 6 nitrogen and oxygen atoms in total. The number of para-hydroxylation sites is 1. The monoisotopic (exact) mass is 410 g/mol. The number of anilines is 1. The first-order valence-electron chi connectivity index (χ1n) is 10.6. The molecule has 154 valence electrons. The normalized spacial score (nSPS) is 20.1. The minimum atomic E-state index is 0.197. The number of benzene rings is 2. The molecule has 2 atom stereocenters. The largest absolute Gasteiger partial charge is 0.457 e. The number of ether oxygens (including phenoxy) is 2. The van der Waals surface area contributed by atoms with Crippen molar-refractivity contribution in [1.82, 2.24) is 14.4 Å². The van der Waals surface area contributed by atoms with E-state index < -0.39 is 0 Å². The number of nitrogens with zero attached hydrogens (tertiary/aromatic N) is 3. The summed E-state index contributed by atoms with van der Waals surface area (Å²) in [6.45, 7) is 0. The fraction of sp³-hybridized carbons (Fsp3) is 0.200. The van der Waals surface area contributed by atoms with Crippen LogP contribution in [0, 0.1) is 0 Å². The molecule has 6 heteroatoms. The molecule has 1 fully saturated rings. The second-order valence-electron chi connectivity index (χ2n) is 8.02. The lowest BCUT2D eigenvalue weighted by molar-refractivity contribution is 0.0671. The van der Waals surface area contributed by atoms with Gasteiger partial charge in [-0.2, -0.15) is 0 Å². The van der Waals surface area contributed by atoms with Crippen LogP contribution >= 0.6 is 0 Å². The Balaban J connectivity index is 1.40. The molecular weight excluding hydrogens is 388 g/mol. The lowest BCUT2D eigenvalue weighted by Crippen LogP contribution is -2.15. The van der Waals surface area contributed by atoms with Gasteiger partial charge in [0.25, 0.3) is 0 Å². The molecule has 6 rings (SSSR count). The predicted molar refractivity (Wildman–Crippen MR) is 120 cm³/mol. The van der Waals surface area contributed by atoms with Gasteiger partial charge in [0.1, 0.15) is 17.3 Å². The van der Waals surface area contributed by atoms with Gasteiger partial charge in [0.15, 0.2) is 0 Å². The first-order chi connectivity index (χ1) is 15.2. The van der Waals surface area contributed by atoms with Gasteiger partial charge in [0.2, 0.25) is 5.95 Å². The van der Waals surface area contributed by atoms with E-state index in [4.69, 9.17) is 20.2 Å². The lowest BCUT2D eigenvalue weighted by atomic mass is 10.0. The van der Waals surface area contributed by atoms with Crippen LogP contribution in [-0.2, 0) is 4.74 Å². The van der Waals surface area contributed by atoms with Gasteiger partial charge in [0.05, 0.1) is 23.4 Å². The van der Waals surface area contributed by atoms with Crippen LogP contribution in [0.2, 0.25) is 0 Å². The highest BCUT2D eigenvalue weighted by atomic mass is 16.5. The quantitative estimate of drug-likeness (QED) is 0.506. The first kappa shape index (κ1) is 18.2. The van der Waals surface area contributed by atoms with Gasteiger partial charge >= 0.3 is 0 Å². The van der Waals surface area contributed by atoms with E-state index in [9.17, 15) is 0 Å². The van der Waals surface area contributed by atoms with E-state index in [0.29, 0.717) is 12.1 Å². The van der Waals surface area contributed by atoms with Gasteiger partial charge in [-0.25, -0.2) is 9.97 Å². The van der Waals surface area contributed by atoms with Crippen LogP contribution in [0.25, 0.3) is 22.5 Å². The number of fused-ring (bicyclic) bond motifs is 3. The topological polar surface area (TPSA) is 74.7 Å². The molecule has 2 aromatic heterocycles. The zero-order valence-electron chi connectivity index (χ0n) is 16.9. The molecule has 31 heavy (non-hydrogen) atoms. The van der Waals surface area contributed by atoms with Crippen LogP contribution in [0.3, 0.4) is 0 Å². The van der Waals surface area contributed by atoms with Crippen molar-refractivity contribution in [1.29, 1.82) is 0 Å². The van der Waals surface area contributed by atoms with E-state index in [1.165, 1.54) is 5.57 Å². The predicted octanol–water partition coefficient (Wildman–Crippen LogP) is 5.11. The standard InChI is InChI=1S/C25H22N4O2/c26-25-27-13-12-22-23(17-14-20-10-11-21(15-17)31-20)28-24(29(22)25)16-6-8-19(9-7-16)30-18-4-2-1-3-5-18/h1-9,12-14,20-21H,10-11,15H2,(H2,26,27). The number of rotatable bonds is 4. The third kappa shape index (κ3) is 3.25. The Morgan fingerprint density at radius 2 is 1.77 bits per heavy atom. The van der Waals surface area contributed by atoms with Crippen molar-refractivity contribution in [3.8, 4) is 22.9 Å². The summed E-state index contributed by atoms with van der Waals surface area (Å²) in [6, 6.07) is 19.6. The third-order valence-corrected chi connectivity index (χ3v) is 5.95. The van der Waals surface area contributed by atoms with Crippen LogP contribution in [0.1, 0.15) is 25.0 Å². The molecule has 2 unspecified atom stereocenters. The van der Waals surface area contributed by atoms with E-state index >= 15 is 0 Å². The number of nitrogen functional groups attached to an aromatic ring is 1. The summed E-state index contributed by atoms with van der Waals surface area (Å²) in [4.78, 5) is 9.33. The smallest absolute Gasteiger partial charge is 0.206 e. The van der Waals surface area contributed by atoms with Crippen LogP contribution in [-0.4, -0.2) is 26.6 Å².